The van der Waals surface area contributed by atoms with Gasteiger partial charge in [-0.2, -0.15) is 0 Å². The van der Waals surface area contributed by atoms with E-state index >= 15 is 0 Å². The number of benzodiazepines with no additional fused rings is 1. The molecule has 1 aromatic rings. The van der Waals surface area contributed by atoms with E-state index < -0.39 is 12.0 Å². The molecule has 1 aliphatic rings. The van der Waals surface area contributed by atoms with Crippen LogP contribution in [0.2, 0.25) is 5.02 Å². The fourth-order valence-corrected chi connectivity index (χ4v) is 3.03. The fraction of sp³-hybridized carbons (Fsp3) is 0.500. The van der Waals surface area contributed by atoms with Gasteiger partial charge in [0.15, 0.2) is 0 Å². The average molecular weight is 351 g/mol. The normalized spacial score (nSPS) is 18.9. The smallest absolute Gasteiger partial charge is 0.323 e. The van der Waals surface area contributed by atoms with E-state index in [0.29, 0.717) is 10.7 Å². The number of anilines is 1. The SMILES string of the molecule is CC[C@H](C)[C@@H]1N=C(C(C)C)c2cc(Cl)ccc2N(CC(=O)O)C1=O. The van der Waals surface area contributed by atoms with Gasteiger partial charge < -0.3 is 5.11 Å². The summed E-state index contributed by atoms with van der Waals surface area (Å²) in [6.07, 6.45) is 0.781. The van der Waals surface area contributed by atoms with Crippen molar-refractivity contribution in [1.82, 2.24) is 0 Å². The molecule has 0 unspecified atom stereocenters. The Morgan fingerprint density at radius 3 is 2.58 bits per heavy atom. The van der Waals surface area contributed by atoms with Gasteiger partial charge in [0, 0.05) is 16.3 Å². The number of rotatable bonds is 5. The highest BCUT2D eigenvalue weighted by molar-refractivity contribution is 6.31. The third-order valence-corrected chi connectivity index (χ3v) is 4.58. The molecule has 1 aliphatic heterocycles. The summed E-state index contributed by atoms with van der Waals surface area (Å²) >= 11 is 6.14. The second kappa shape index (κ2) is 7.34. The molecule has 0 aliphatic carbocycles. The molecule has 0 bridgehead atoms. The second-order valence-corrected chi connectivity index (χ2v) is 6.92. The lowest BCUT2D eigenvalue weighted by Crippen LogP contribution is -2.43. The zero-order valence-electron chi connectivity index (χ0n) is 14.4. The number of halogens is 1. The number of benzene rings is 1. The summed E-state index contributed by atoms with van der Waals surface area (Å²) in [6.45, 7) is 7.59. The second-order valence-electron chi connectivity index (χ2n) is 6.48. The summed E-state index contributed by atoms with van der Waals surface area (Å²) in [7, 11) is 0. The van der Waals surface area contributed by atoms with Gasteiger partial charge in [0.05, 0.1) is 5.69 Å². The minimum absolute atomic E-state index is 0.0207. The minimum Gasteiger partial charge on any atom is -0.480 e. The third kappa shape index (κ3) is 3.61. The van der Waals surface area contributed by atoms with Crippen molar-refractivity contribution < 1.29 is 14.7 Å². The Balaban J connectivity index is 2.69. The van der Waals surface area contributed by atoms with Crippen molar-refractivity contribution in [2.24, 2.45) is 16.8 Å². The zero-order valence-corrected chi connectivity index (χ0v) is 15.2. The molecule has 1 N–H and O–H groups in total. The number of carboxylic acids is 1. The highest BCUT2D eigenvalue weighted by Gasteiger charge is 2.35. The van der Waals surface area contributed by atoms with E-state index in [1.807, 2.05) is 27.7 Å². The molecule has 0 spiro atoms. The van der Waals surface area contributed by atoms with Crippen LogP contribution in [0.1, 0.15) is 39.7 Å². The van der Waals surface area contributed by atoms with E-state index in [1.54, 1.807) is 18.2 Å². The lowest BCUT2D eigenvalue weighted by molar-refractivity contribution is -0.136. The first-order valence-electron chi connectivity index (χ1n) is 8.17. The predicted molar refractivity (Wildman–Crippen MR) is 96.1 cm³/mol. The third-order valence-electron chi connectivity index (χ3n) is 4.35. The van der Waals surface area contributed by atoms with Crippen LogP contribution < -0.4 is 4.90 Å². The Morgan fingerprint density at radius 1 is 1.38 bits per heavy atom. The number of nitrogens with zero attached hydrogens (tertiary/aromatic N) is 2. The summed E-state index contributed by atoms with van der Waals surface area (Å²) in [5, 5.41) is 9.79. The highest BCUT2D eigenvalue weighted by Crippen LogP contribution is 2.32. The van der Waals surface area contributed by atoms with Gasteiger partial charge in [-0.25, -0.2) is 0 Å². The van der Waals surface area contributed by atoms with Gasteiger partial charge in [-0.3, -0.25) is 19.5 Å². The summed E-state index contributed by atoms with van der Waals surface area (Å²) in [4.78, 5) is 30.4. The molecule has 6 heteroatoms. The quantitative estimate of drug-likeness (QED) is 0.881. The molecule has 2 rings (SSSR count). The minimum atomic E-state index is -1.06. The summed E-state index contributed by atoms with van der Waals surface area (Å²) in [5.74, 6) is -1.22. The van der Waals surface area contributed by atoms with Crippen molar-refractivity contribution in [3.8, 4) is 0 Å². The number of aliphatic imine (C=N–C) groups is 1. The average Bonchev–Trinajstić information content (AvgIpc) is 2.62. The van der Waals surface area contributed by atoms with Gasteiger partial charge in [0.25, 0.3) is 5.91 Å². The van der Waals surface area contributed by atoms with Gasteiger partial charge in [0.1, 0.15) is 12.6 Å². The first kappa shape index (κ1) is 18.5. The standard InChI is InChI=1S/C18H23ClN2O3/c1-5-11(4)17-18(24)21(9-15(22)23)14-7-6-12(19)8-13(14)16(20-17)10(2)3/h6-8,10-11,17H,5,9H2,1-4H3,(H,22,23)/t11-,17-/m0/s1. The highest BCUT2D eigenvalue weighted by atomic mass is 35.5. The van der Waals surface area contributed by atoms with Crippen molar-refractivity contribution in [2.75, 3.05) is 11.4 Å². The van der Waals surface area contributed by atoms with E-state index in [-0.39, 0.29) is 24.3 Å². The Bertz CT molecular complexity index is 685. The maximum Gasteiger partial charge on any atom is 0.323 e. The van der Waals surface area contributed by atoms with Gasteiger partial charge in [-0.05, 0) is 30.0 Å². The van der Waals surface area contributed by atoms with Gasteiger partial charge in [-0.15, -0.1) is 0 Å². The van der Waals surface area contributed by atoms with E-state index in [2.05, 4.69) is 0 Å². The Kier molecular flexibility index (Phi) is 5.65. The van der Waals surface area contributed by atoms with Crippen LogP contribution in [-0.2, 0) is 9.59 Å². The number of carbonyl (C=O) groups is 2. The molecule has 0 aromatic heterocycles. The van der Waals surface area contributed by atoms with Crippen LogP contribution in [0.5, 0.6) is 0 Å². The largest absolute Gasteiger partial charge is 0.480 e. The number of aliphatic carboxylic acids is 1. The molecule has 24 heavy (non-hydrogen) atoms. The first-order chi connectivity index (χ1) is 11.3. The molecule has 2 atom stereocenters. The number of carboxylic acid groups (broad SMARTS) is 1. The molecular formula is C18H23ClN2O3. The Hall–Kier alpha value is -1.88. The molecule has 1 amide bonds. The van der Waals surface area contributed by atoms with Crippen LogP contribution in [0.15, 0.2) is 23.2 Å². The van der Waals surface area contributed by atoms with Gasteiger partial charge in [0.2, 0.25) is 0 Å². The summed E-state index contributed by atoms with van der Waals surface area (Å²) in [6, 6.07) is 4.55. The van der Waals surface area contributed by atoms with Crippen molar-refractivity contribution in [1.29, 1.82) is 0 Å². The van der Waals surface area contributed by atoms with Crippen molar-refractivity contribution >= 4 is 34.9 Å². The Morgan fingerprint density at radius 2 is 2.04 bits per heavy atom. The van der Waals surface area contributed by atoms with Gasteiger partial charge in [-0.1, -0.05) is 45.7 Å². The van der Waals surface area contributed by atoms with E-state index in [4.69, 9.17) is 16.6 Å². The van der Waals surface area contributed by atoms with E-state index in [1.165, 1.54) is 4.90 Å². The number of fused-ring (bicyclic) bond motifs is 1. The fourth-order valence-electron chi connectivity index (χ4n) is 2.85. The maximum atomic E-state index is 13.0. The van der Waals surface area contributed by atoms with Crippen LogP contribution in [0.3, 0.4) is 0 Å². The lowest BCUT2D eigenvalue weighted by atomic mass is 9.96. The van der Waals surface area contributed by atoms with Crippen LogP contribution in [-0.4, -0.2) is 35.3 Å². The van der Waals surface area contributed by atoms with Crippen LogP contribution in [0, 0.1) is 11.8 Å². The maximum absolute atomic E-state index is 13.0. The van der Waals surface area contributed by atoms with Crippen LogP contribution >= 0.6 is 11.6 Å². The van der Waals surface area contributed by atoms with Crippen molar-refractivity contribution in [2.45, 2.75) is 40.2 Å². The first-order valence-corrected chi connectivity index (χ1v) is 8.54. The molecule has 1 aromatic carbocycles. The molecule has 1 heterocycles. The monoisotopic (exact) mass is 350 g/mol. The number of hydrogen-bond donors (Lipinski definition) is 1. The molecule has 0 saturated carbocycles. The molecule has 5 nitrogen and oxygen atoms in total. The van der Waals surface area contributed by atoms with Gasteiger partial charge >= 0.3 is 5.97 Å². The molecule has 0 radical (unpaired) electrons. The summed E-state index contributed by atoms with van der Waals surface area (Å²) < 4.78 is 0. The molecular weight excluding hydrogens is 328 g/mol. The van der Waals surface area contributed by atoms with Crippen LogP contribution in [0.25, 0.3) is 0 Å². The number of amides is 1. The van der Waals surface area contributed by atoms with E-state index in [9.17, 15) is 14.7 Å². The van der Waals surface area contributed by atoms with Crippen molar-refractivity contribution in [3.63, 3.8) is 0 Å². The Labute approximate surface area is 147 Å². The van der Waals surface area contributed by atoms with Crippen molar-refractivity contribution in [3.05, 3.63) is 28.8 Å². The summed E-state index contributed by atoms with van der Waals surface area (Å²) in [5.41, 5.74) is 2.09. The number of carbonyl (C=O) groups excluding carboxylic acids is 1. The topological polar surface area (TPSA) is 70.0 Å². The molecule has 130 valence electrons. The lowest BCUT2D eigenvalue weighted by Gasteiger charge is -2.25. The predicted octanol–water partition coefficient (Wildman–Crippen LogP) is 3.63. The van der Waals surface area contributed by atoms with Crippen LogP contribution in [0.4, 0.5) is 5.69 Å². The number of hydrogen-bond acceptors (Lipinski definition) is 3. The molecule has 0 fully saturated rings. The zero-order chi connectivity index (χ0) is 18.0. The molecule has 0 saturated heterocycles. The van der Waals surface area contributed by atoms with E-state index in [0.717, 1.165) is 17.7 Å².